The van der Waals surface area contributed by atoms with Crippen LogP contribution in [0.5, 0.6) is 11.5 Å². The zero-order valence-electron chi connectivity index (χ0n) is 17.5. The molecular formula is C21H32N2O6S. The fourth-order valence-corrected chi connectivity index (χ4v) is 5.19. The molecular weight excluding hydrogens is 408 g/mol. The molecule has 0 spiro atoms. The van der Waals surface area contributed by atoms with Gasteiger partial charge in [0.2, 0.25) is 0 Å². The number of hydrogen-bond donors (Lipinski definition) is 5. The van der Waals surface area contributed by atoms with Crippen molar-refractivity contribution in [2.45, 2.75) is 75.6 Å². The summed E-state index contributed by atoms with van der Waals surface area (Å²) >= 11 is 0. The molecule has 1 aliphatic rings. The van der Waals surface area contributed by atoms with Crippen molar-refractivity contribution in [3.8, 4) is 11.5 Å². The minimum absolute atomic E-state index is 0.146. The van der Waals surface area contributed by atoms with Gasteiger partial charge in [-0.05, 0) is 50.7 Å². The Kier molecular flexibility index (Phi) is 8.28. The van der Waals surface area contributed by atoms with E-state index in [1.165, 1.54) is 6.07 Å². The minimum atomic E-state index is -4.48. The highest BCUT2D eigenvalue weighted by molar-refractivity contribution is 7.90. The fraction of sp³-hybridized carbons (Fsp3) is 0.571. The number of unbranched alkanes of at least 4 members (excludes halogenated alkanes) is 2. The van der Waals surface area contributed by atoms with Crippen molar-refractivity contribution in [2.75, 3.05) is 6.61 Å². The van der Waals surface area contributed by atoms with Crippen LogP contribution in [0.25, 0.3) is 0 Å². The predicted octanol–water partition coefficient (Wildman–Crippen LogP) is 2.17. The van der Waals surface area contributed by atoms with Gasteiger partial charge in [-0.1, -0.05) is 31.4 Å². The standard InChI is InChI=1S/C21H32N2O6S/c1-3-4-5-8-15-11-17(25)18(14-9-6-7-13(2)10-14)19(26)20(15)30(28,29)23-21(27)16(22)12-24/h10-11,14,16,24-26H,3-9,12,22H2,1-2H3,(H,23,27). The van der Waals surface area contributed by atoms with Crippen molar-refractivity contribution in [3.63, 3.8) is 0 Å². The zero-order chi connectivity index (χ0) is 22.5. The lowest BCUT2D eigenvalue weighted by atomic mass is 9.84. The van der Waals surface area contributed by atoms with Crippen molar-refractivity contribution in [3.05, 3.63) is 28.8 Å². The molecule has 2 atom stereocenters. The fourth-order valence-electron chi connectivity index (χ4n) is 3.80. The number of nitrogens with two attached hydrogens (primary N) is 1. The molecule has 0 saturated heterocycles. The minimum Gasteiger partial charge on any atom is -0.507 e. The van der Waals surface area contributed by atoms with E-state index >= 15 is 0 Å². The van der Waals surface area contributed by atoms with Gasteiger partial charge in [0.15, 0.2) is 0 Å². The van der Waals surface area contributed by atoms with Crippen molar-refractivity contribution in [1.29, 1.82) is 0 Å². The molecule has 6 N–H and O–H groups in total. The molecule has 1 aromatic carbocycles. The number of hydrogen-bond acceptors (Lipinski definition) is 7. The molecule has 0 fully saturated rings. The topological polar surface area (TPSA) is 150 Å². The van der Waals surface area contributed by atoms with E-state index in [0.29, 0.717) is 19.3 Å². The zero-order valence-corrected chi connectivity index (χ0v) is 18.3. The summed E-state index contributed by atoms with van der Waals surface area (Å²) in [5.74, 6) is -2.10. The summed E-state index contributed by atoms with van der Waals surface area (Å²) in [5, 5.41) is 30.7. The van der Waals surface area contributed by atoms with Gasteiger partial charge in [0.1, 0.15) is 22.4 Å². The summed E-state index contributed by atoms with van der Waals surface area (Å²) in [6.45, 7) is 3.24. The van der Waals surface area contributed by atoms with Gasteiger partial charge >= 0.3 is 0 Å². The van der Waals surface area contributed by atoms with Crippen LogP contribution < -0.4 is 10.5 Å². The molecule has 30 heavy (non-hydrogen) atoms. The van der Waals surface area contributed by atoms with Crippen LogP contribution in [0, 0.1) is 0 Å². The average Bonchev–Trinajstić information content (AvgIpc) is 2.66. The number of aliphatic hydroxyl groups excluding tert-OH is 1. The van der Waals surface area contributed by atoms with Crippen LogP contribution in [-0.4, -0.2) is 42.3 Å². The number of sulfonamides is 1. The third-order valence-corrected chi connectivity index (χ3v) is 6.84. The Morgan fingerprint density at radius 1 is 1.33 bits per heavy atom. The third-order valence-electron chi connectivity index (χ3n) is 5.38. The highest BCUT2D eigenvalue weighted by Gasteiger charge is 2.32. The van der Waals surface area contributed by atoms with Crippen molar-refractivity contribution in [1.82, 2.24) is 4.72 Å². The Hall–Kier alpha value is -2.10. The van der Waals surface area contributed by atoms with Gasteiger partial charge in [0, 0.05) is 11.5 Å². The Bertz CT molecular complexity index is 911. The van der Waals surface area contributed by atoms with E-state index in [-0.39, 0.29) is 22.8 Å². The number of amides is 1. The number of phenols is 2. The van der Waals surface area contributed by atoms with E-state index in [9.17, 15) is 23.4 Å². The maximum absolute atomic E-state index is 13.0. The number of nitrogens with one attached hydrogen (secondary N) is 1. The molecule has 1 aliphatic carbocycles. The average molecular weight is 441 g/mol. The Labute approximate surface area is 177 Å². The van der Waals surface area contributed by atoms with Crippen molar-refractivity contribution < 1.29 is 28.5 Å². The van der Waals surface area contributed by atoms with Crippen LogP contribution in [0.1, 0.15) is 69.4 Å². The number of aryl methyl sites for hydroxylation is 1. The molecule has 0 aromatic heterocycles. The second-order valence-electron chi connectivity index (χ2n) is 7.87. The number of aliphatic hydroxyl groups is 1. The Morgan fingerprint density at radius 2 is 2.03 bits per heavy atom. The molecule has 0 bridgehead atoms. The number of aromatic hydroxyl groups is 2. The first-order chi connectivity index (χ1) is 14.1. The van der Waals surface area contributed by atoms with Gasteiger partial charge < -0.3 is 21.1 Å². The molecule has 1 amide bonds. The largest absolute Gasteiger partial charge is 0.507 e. The van der Waals surface area contributed by atoms with Gasteiger partial charge in [0.05, 0.1) is 6.61 Å². The molecule has 0 saturated carbocycles. The number of benzene rings is 1. The van der Waals surface area contributed by atoms with Crippen molar-refractivity contribution >= 4 is 15.9 Å². The predicted molar refractivity (Wildman–Crippen MR) is 114 cm³/mol. The Morgan fingerprint density at radius 3 is 2.63 bits per heavy atom. The van der Waals surface area contributed by atoms with Crippen LogP contribution >= 0.6 is 0 Å². The first kappa shape index (κ1) is 24.2. The number of phenolic OH excluding ortho intramolecular Hbond substituents is 2. The summed E-state index contributed by atoms with van der Waals surface area (Å²) in [5.41, 5.74) is 6.91. The van der Waals surface area contributed by atoms with E-state index in [1.807, 2.05) is 24.6 Å². The van der Waals surface area contributed by atoms with Crippen LogP contribution in [0.4, 0.5) is 0 Å². The summed E-state index contributed by atoms with van der Waals surface area (Å²) < 4.78 is 27.9. The van der Waals surface area contributed by atoms with Crippen molar-refractivity contribution in [2.24, 2.45) is 5.73 Å². The number of carbonyl (C=O) groups is 1. The van der Waals surface area contributed by atoms with Crippen LogP contribution in [0.2, 0.25) is 0 Å². The summed E-state index contributed by atoms with van der Waals surface area (Å²) in [4.78, 5) is 11.6. The van der Waals surface area contributed by atoms with Gasteiger partial charge in [-0.25, -0.2) is 13.1 Å². The molecule has 9 heteroatoms. The van der Waals surface area contributed by atoms with E-state index in [2.05, 4.69) is 0 Å². The molecule has 0 heterocycles. The molecule has 168 valence electrons. The van der Waals surface area contributed by atoms with E-state index in [4.69, 9.17) is 10.8 Å². The summed E-state index contributed by atoms with van der Waals surface area (Å²) in [6, 6.07) is -0.0426. The van der Waals surface area contributed by atoms with Gasteiger partial charge in [-0.2, -0.15) is 0 Å². The van der Waals surface area contributed by atoms with E-state index < -0.39 is 39.2 Å². The van der Waals surface area contributed by atoms with Crippen LogP contribution in [0.3, 0.4) is 0 Å². The molecule has 0 aliphatic heterocycles. The van der Waals surface area contributed by atoms with Crippen LogP contribution in [-0.2, 0) is 21.2 Å². The highest BCUT2D eigenvalue weighted by atomic mass is 32.2. The Balaban J connectivity index is 2.60. The number of carbonyl (C=O) groups excluding carboxylic acids is 1. The second kappa shape index (κ2) is 10.3. The monoisotopic (exact) mass is 440 g/mol. The lowest BCUT2D eigenvalue weighted by molar-refractivity contribution is -0.121. The quantitative estimate of drug-likeness (QED) is 0.292. The van der Waals surface area contributed by atoms with Gasteiger partial charge in [-0.3, -0.25) is 4.79 Å². The normalized spacial score (nSPS) is 18.0. The summed E-state index contributed by atoms with van der Waals surface area (Å²) in [7, 11) is -4.48. The van der Waals surface area contributed by atoms with E-state index in [0.717, 1.165) is 31.3 Å². The molecule has 8 nitrogen and oxygen atoms in total. The second-order valence-corrected chi connectivity index (χ2v) is 9.49. The lowest BCUT2D eigenvalue weighted by Gasteiger charge is -2.24. The molecule has 1 aromatic rings. The third kappa shape index (κ3) is 5.53. The number of allylic oxidation sites excluding steroid dienone is 2. The SMILES string of the molecule is CCCCCc1cc(O)c(C2C=C(C)CCC2)c(O)c1S(=O)(=O)NC(=O)C(N)CO. The molecule has 0 radical (unpaired) electrons. The van der Waals surface area contributed by atoms with Crippen LogP contribution in [0.15, 0.2) is 22.6 Å². The smallest absolute Gasteiger partial charge is 0.268 e. The highest BCUT2D eigenvalue weighted by Crippen LogP contribution is 2.45. The maximum Gasteiger partial charge on any atom is 0.268 e. The van der Waals surface area contributed by atoms with Gasteiger partial charge in [-0.15, -0.1) is 0 Å². The van der Waals surface area contributed by atoms with E-state index in [1.54, 1.807) is 0 Å². The first-order valence-electron chi connectivity index (χ1n) is 10.3. The summed E-state index contributed by atoms with van der Waals surface area (Å²) in [6.07, 6.45) is 7.07. The lowest BCUT2D eigenvalue weighted by Crippen LogP contribution is -2.45. The maximum atomic E-state index is 13.0. The molecule has 2 rings (SSSR count). The molecule has 2 unspecified atom stereocenters. The first-order valence-corrected chi connectivity index (χ1v) is 11.8. The van der Waals surface area contributed by atoms with Gasteiger partial charge in [0.25, 0.3) is 15.9 Å². The number of rotatable bonds is 9.